The highest BCUT2D eigenvalue weighted by atomic mass is 16.3. The molecule has 1 aliphatic heterocycles. The summed E-state index contributed by atoms with van der Waals surface area (Å²) in [6.07, 6.45) is 1.16. The van der Waals surface area contributed by atoms with E-state index in [1.54, 1.807) is 41.0 Å². The first kappa shape index (κ1) is 21.4. The summed E-state index contributed by atoms with van der Waals surface area (Å²) in [6, 6.07) is 10.5. The van der Waals surface area contributed by atoms with Crippen molar-refractivity contribution < 1.29 is 18.8 Å². The van der Waals surface area contributed by atoms with Gasteiger partial charge in [0.25, 0.3) is 5.91 Å². The predicted molar refractivity (Wildman–Crippen MR) is 113 cm³/mol. The van der Waals surface area contributed by atoms with E-state index in [2.05, 4.69) is 10.6 Å². The maximum Gasteiger partial charge on any atom is 0.319 e. The van der Waals surface area contributed by atoms with Crippen LogP contribution < -0.4 is 10.6 Å². The van der Waals surface area contributed by atoms with Gasteiger partial charge in [0.1, 0.15) is 5.76 Å². The largest absolute Gasteiger partial charge is 0.456 e. The van der Waals surface area contributed by atoms with E-state index < -0.39 is 0 Å². The quantitative estimate of drug-likeness (QED) is 0.763. The van der Waals surface area contributed by atoms with Crippen molar-refractivity contribution in [1.29, 1.82) is 0 Å². The van der Waals surface area contributed by atoms with Gasteiger partial charge in [-0.25, -0.2) is 4.79 Å². The molecule has 1 aromatic heterocycles. The van der Waals surface area contributed by atoms with E-state index in [1.165, 1.54) is 0 Å². The molecule has 160 valence electrons. The zero-order valence-corrected chi connectivity index (χ0v) is 17.4. The maximum atomic E-state index is 12.6. The Kier molecular flexibility index (Phi) is 7.11. The summed E-state index contributed by atoms with van der Waals surface area (Å²) in [6.45, 7) is 6.39. The summed E-state index contributed by atoms with van der Waals surface area (Å²) < 4.78 is 5.40. The van der Waals surface area contributed by atoms with Crippen LogP contribution >= 0.6 is 0 Å². The Morgan fingerprint density at radius 2 is 1.63 bits per heavy atom. The third-order valence-electron chi connectivity index (χ3n) is 4.97. The van der Waals surface area contributed by atoms with Crippen molar-refractivity contribution in [2.45, 2.75) is 26.7 Å². The molecule has 30 heavy (non-hydrogen) atoms. The van der Waals surface area contributed by atoms with Crippen molar-refractivity contribution in [3.05, 3.63) is 53.5 Å². The fourth-order valence-corrected chi connectivity index (χ4v) is 3.27. The predicted octanol–water partition coefficient (Wildman–Crippen LogP) is 2.65. The smallest absolute Gasteiger partial charge is 0.319 e. The first-order valence-corrected chi connectivity index (χ1v) is 10.2. The summed E-state index contributed by atoms with van der Waals surface area (Å²) in [5, 5.41) is 5.51. The van der Waals surface area contributed by atoms with Crippen LogP contribution in [-0.2, 0) is 11.2 Å². The molecule has 8 heteroatoms. The molecule has 2 heterocycles. The molecule has 0 spiro atoms. The Labute approximate surface area is 176 Å². The molecular weight excluding hydrogens is 384 g/mol. The van der Waals surface area contributed by atoms with Gasteiger partial charge < -0.3 is 24.9 Å². The first-order valence-electron chi connectivity index (χ1n) is 10.2. The van der Waals surface area contributed by atoms with Gasteiger partial charge >= 0.3 is 6.03 Å². The van der Waals surface area contributed by atoms with Gasteiger partial charge in [0.05, 0.1) is 6.42 Å². The molecule has 1 aliphatic rings. The molecular formula is C22H28N4O4. The Morgan fingerprint density at radius 1 is 0.967 bits per heavy atom. The normalized spacial score (nSPS) is 13.8. The highest BCUT2D eigenvalue weighted by Crippen LogP contribution is 2.14. The SMILES string of the molecule is CCCNC(=O)Nc1ccc(CC(=O)N2CCN(C(=O)c3ccc(C)o3)CC2)cc1. The van der Waals surface area contributed by atoms with E-state index >= 15 is 0 Å². The molecule has 2 N–H and O–H groups in total. The number of aryl methyl sites for hydroxylation is 1. The standard InChI is InChI=1S/C22H28N4O4/c1-3-10-23-22(29)24-18-7-5-17(6-8-18)15-20(27)25-11-13-26(14-12-25)21(28)19-9-4-16(2)30-19/h4-9H,3,10-15H2,1-2H3,(H2,23,24,29). The minimum Gasteiger partial charge on any atom is -0.456 e. The van der Waals surface area contributed by atoms with E-state index in [0.717, 1.165) is 12.0 Å². The Hall–Kier alpha value is -3.29. The second-order valence-corrected chi connectivity index (χ2v) is 7.34. The molecule has 8 nitrogen and oxygen atoms in total. The van der Waals surface area contributed by atoms with Crippen LogP contribution in [0, 0.1) is 6.92 Å². The van der Waals surface area contributed by atoms with Gasteiger partial charge in [-0.1, -0.05) is 19.1 Å². The molecule has 4 amide bonds. The molecule has 0 bridgehead atoms. The minimum absolute atomic E-state index is 0.0253. The molecule has 0 radical (unpaired) electrons. The number of benzene rings is 1. The average molecular weight is 412 g/mol. The van der Waals surface area contributed by atoms with Gasteiger partial charge in [-0.15, -0.1) is 0 Å². The Balaban J connectivity index is 1.46. The van der Waals surface area contributed by atoms with Crippen molar-refractivity contribution in [3.63, 3.8) is 0 Å². The van der Waals surface area contributed by atoms with Crippen LogP contribution in [0.4, 0.5) is 10.5 Å². The van der Waals surface area contributed by atoms with Crippen molar-refractivity contribution in [2.24, 2.45) is 0 Å². The summed E-state index contributed by atoms with van der Waals surface area (Å²) in [5.41, 5.74) is 1.56. The molecule has 0 aliphatic carbocycles. The Morgan fingerprint density at radius 3 is 2.23 bits per heavy atom. The average Bonchev–Trinajstić information content (AvgIpc) is 3.19. The first-order chi connectivity index (χ1) is 14.5. The number of piperazine rings is 1. The third-order valence-corrected chi connectivity index (χ3v) is 4.97. The molecule has 0 saturated carbocycles. The number of furan rings is 1. The highest BCUT2D eigenvalue weighted by Gasteiger charge is 2.26. The molecule has 3 rings (SSSR count). The van der Waals surface area contributed by atoms with E-state index in [-0.39, 0.29) is 24.3 Å². The number of hydrogen-bond acceptors (Lipinski definition) is 4. The summed E-state index contributed by atoms with van der Waals surface area (Å²) in [4.78, 5) is 40.2. The molecule has 2 aromatic rings. The molecule has 1 aromatic carbocycles. The number of nitrogens with zero attached hydrogens (tertiary/aromatic N) is 2. The van der Waals surface area contributed by atoms with Crippen LogP contribution in [0.2, 0.25) is 0 Å². The van der Waals surface area contributed by atoms with Crippen LogP contribution in [0.1, 0.15) is 35.2 Å². The number of urea groups is 1. The lowest BCUT2D eigenvalue weighted by atomic mass is 10.1. The van der Waals surface area contributed by atoms with Crippen molar-refractivity contribution in [1.82, 2.24) is 15.1 Å². The lowest BCUT2D eigenvalue weighted by Crippen LogP contribution is -2.50. The monoisotopic (exact) mass is 412 g/mol. The van der Waals surface area contributed by atoms with Crippen molar-refractivity contribution >= 4 is 23.5 Å². The van der Waals surface area contributed by atoms with E-state index in [0.29, 0.717) is 49.9 Å². The number of carbonyl (C=O) groups excluding carboxylic acids is 3. The maximum absolute atomic E-state index is 12.6. The summed E-state index contributed by atoms with van der Waals surface area (Å²) in [5.74, 6) is 0.929. The second-order valence-electron chi connectivity index (χ2n) is 7.34. The number of rotatable bonds is 6. The van der Waals surface area contributed by atoms with E-state index in [9.17, 15) is 14.4 Å². The van der Waals surface area contributed by atoms with Gasteiger partial charge in [0.15, 0.2) is 5.76 Å². The number of amides is 4. The van der Waals surface area contributed by atoms with Crippen LogP contribution in [0.25, 0.3) is 0 Å². The molecule has 1 saturated heterocycles. The fourth-order valence-electron chi connectivity index (χ4n) is 3.27. The van der Waals surface area contributed by atoms with Gasteiger partial charge in [-0.05, 0) is 43.2 Å². The second kappa shape index (κ2) is 9.96. The number of anilines is 1. The Bertz CT molecular complexity index is 883. The van der Waals surface area contributed by atoms with Crippen LogP contribution in [0.15, 0.2) is 40.8 Å². The minimum atomic E-state index is -0.238. The van der Waals surface area contributed by atoms with Gasteiger partial charge in [-0.3, -0.25) is 9.59 Å². The summed E-state index contributed by atoms with van der Waals surface area (Å²) in [7, 11) is 0. The van der Waals surface area contributed by atoms with Gasteiger partial charge in [0, 0.05) is 38.4 Å². The lowest BCUT2D eigenvalue weighted by molar-refractivity contribution is -0.131. The molecule has 0 unspecified atom stereocenters. The van der Waals surface area contributed by atoms with E-state index in [4.69, 9.17) is 4.42 Å². The van der Waals surface area contributed by atoms with Crippen molar-refractivity contribution in [3.8, 4) is 0 Å². The zero-order chi connectivity index (χ0) is 21.5. The number of carbonyl (C=O) groups is 3. The fraction of sp³-hybridized carbons (Fsp3) is 0.409. The third kappa shape index (κ3) is 5.62. The zero-order valence-electron chi connectivity index (χ0n) is 17.4. The van der Waals surface area contributed by atoms with E-state index in [1.807, 2.05) is 19.1 Å². The van der Waals surface area contributed by atoms with Crippen LogP contribution in [-0.4, -0.2) is 60.4 Å². The van der Waals surface area contributed by atoms with Gasteiger partial charge in [-0.2, -0.15) is 0 Å². The van der Waals surface area contributed by atoms with Crippen LogP contribution in [0.5, 0.6) is 0 Å². The van der Waals surface area contributed by atoms with Crippen LogP contribution in [0.3, 0.4) is 0 Å². The van der Waals surface area contributed by atoms with Gasteiger partial charge in [0.2, 0.25) is 5.91 Å². The molecule has 1 fully saturated rings. The highest BCUT2D eigenvalue weighted by molar-refractivity contribution is 5.92. The summed E-state index contributed by atoms with van der Waals surface area (Å²) >= 11 is 0. The number of hydrogen-bond donors (Lipinski definition) is 2. The molecule has 0 atom stereocenters. The topological polar surface area (TPSA) is 94.9 Å². The lowest BCUT2D eigenvalue weighted by Gasteiger charge is -2.34. The number of nitrogens with one attached hydrogen (secondary N) is 2. The van der Waals surface area contributed by atoms with Crippen molar-refractivity contribution in [2.75, 3.05) is 38.0 Å².